The number of rotatable bonds is 6. The minimum absolute atomic E-state index is 0.180. The lowest BCUT2D eigenvalue weighted by Crippen LogP contribution is -2.38. The molecule has 1 aromatic heterocycles. The Hall–Kier alpha value is -1.70. The first-order valence-corrected chi connectivity index (χ1v) is 10.2. The Bertz CT molecular complexity index is 885. The zero-order chi connectivity index (χ0) is 17.9. The van der Waals surface area contributed by atoms with Crippen LogP contribution in [0, 0.1) is 5.92 Å². The molecule has 6 nitrogen and oxygen atoms in total. The summed E-state index contributed by atoms with van der Waals surface area (Å²) in [6.07, 6.45) is 3.75. The minimum atomic E-state index is -3.59. The van der Waals surface area contributed by atoms with Crippen LogP contribution in [0.1, 0.15) is 26.2 Å². The van der Waals surface area contributed by atoms with Crippen molar-refractivity contribution in [2.75, 3.05) is 26.2 Å². The predicted octanol–water partition coefficient (Wildman–Crippen LogP) is 2.19. The second-order valence-electron chi connectivity index (χ2n) is 6.77. The Kier molecular flexibility index (Phi) is 5.56. The van der Waals surface area contributed by atoms with Crippen LogP contribution in [0.15, 0.2) is 44.4 Å². The highest BCUT2D eigenvalue weighted by Gasteiger charge is 2.18. The van der Waals surface area contributed by atoms with Gasteiger partial charge in [0.1, 0.15) is 5.58 Å². The Morgan fingerprint density at radius 2 is 1.92 bits per heavy atom. The van der Waals surface area contributed by atoms with Crippen LogP contribution >= 0.6 is 0 Å². The molecule has 1 aliphatic heterocycles. The van der Waals surface area contributed by atoms with Crippen LogP contribution in [0.25, 0.3) is 11.0 Å². The molecule has 1 N–H and O–H groups in total. The highest BCUT2D eigenvalue weighted by molar-refractivity contribution is 7.89. The number of piperidine rings is 1. The van der Waals surface area contributed by atoms with Crippen LogP contribution in [-0.2, 0) is 10.0 Å². The number of hydrogen-bond acceptors (Lipinski definition) is 5. The standard InChI is InChI=1S/C18H24N2O4S/c1-14(13-20-9-3-2-4-10-20)12-19-25(22,23)16-6-7-17-15(11-16)5-8-18(21)24-17/h5-8,11,14,19H,2-4,9-10,12-13H2,1H3. The molecule has 0 bridgehead atoms. The first-order chi connectivity index (χ1) is 11.9. The van der Waals surface area contributed by atoms with Crippen LogP contribution in [0.4, 0.5) is 0 Å². The van der Waals surface area contributed by atoms with Gasteiger partial charge in [-0.25, -0.2) is 17.9 Å². The lowest BCUT2D eigenvalue weighted by Gasteiger charge is -2.29. The maximum absolute atomic E-state index is 12.5. The summed E-state index contributed by atoms with van der Waals surface area (Å²) in [6.45, 7) is 5.58. The predicted molar refractivity (Wildman–Crippen MR) is 97.1 cm³/mol. The van der Waals surface area contributed by atoms with Crippen LogP contribution in [0.5, 0.6) is 0 Å². The molecule has 2 aromatic rings. The van der Waals surface area contributed by atoms with E-state index in [-0.39, 0.29) is 10.8 Å². The molecule has 2 heterocycles. The summed E-state index contributed by atoms with van der Waals surface area (Å²) in [5.74, 6) is 0.242. The summed E-state index contributed by atoms with van der Waals surface area (Å²) in [6, 6.07) is 7.35. The molecule has 0 radical (unpaired) electrons. The molecule has 1 unspecified atom stereocenters. The zero-order valence-electron chi connectivity index (χ0n) is 14.4. The van der Waals surface area contributed by atoms with Crippen LogP contribution in [0.2, 0.25) is 0 Å². The number of nitrogens with zero attached hydrogens (tertiary/aromatic N) is 1. The second-order valence-corrected chi connectivity index (χ2v) is 8.54. The molecular weight excluding hydrogens is 340 g/mol. The molecular formula is C18H24N2O4S. The van der Waals surface area contributed by atoms with Gasteiger partial charge in [0, 0.05) is 24.5 Å². The van der Waals surface area contributed by atoms with E-state index in [9.17, 15) is 13.2 Å². The van der Waals surface area contributed by atoms with Gasteiger partial charge < -0.3 is 9.32 Å². The molecule has 1 aromatic carbocycles. The van der Waals surface area contributed by atoms with Gasteiger partial charge in [-0.05, 0) is 56.1 Å². The van der Waals surface area contributed by atoms with E-state index in [0.717, 1.165) is 19.6 Å². The Labute approximate surface area is 147 Å². The fourth-order valence-corrected chi connectivity index (χ4v) is 4.40. The maximum Gasteiger partial charge on any atom is 0.336 e. The summed E-state index contributed by atoms with van der Waals surface area (Å²) >= 11 is 0. The summed E-state index contributed by atoms with van der Waals surface area (Å²) < 4.78 is 32.8. The Morgan fingerprint density at radius 3 is 2.68 bits per heavy atom. The number of hydrogen-bond donors (Lipinski definition) is 1. The van der Waals surface area contributed by atoms with E-state index >= 15 is 0 Å². The van der Waals surface area contributed by atoms with Gasteiger partial charge in [0.15, 0.2) is 0 Å². The highest BCUT2D eigenvalue weighted by atomic mass is 32.2. The molecule has 25 heavy (non-hydrogen) atoms. The fourth-order valence-electron chi connectivity index (χ4n) is 3.20. The van der Waals surface area contributed by atoms with Crippen molar-refractivity contribution < 1.29 is 12.8 Å². The largest absolute Gasteiger partial charge is 0.423 e. The van der Waals surface area contributed by atoms with Gasteiger partial charge in [0.2, 0.25) is 10.0 Å². The molecule has 0 aliphatic carbocycles. The van der Waals surface area contributed by atoms with Gasteiger partial charge in [-0.2, -0.15) is 0 Å². The molecule has 1 atom stereocenters. The SMILES string of the molecule is CC(CNS(=O)(=O)c1ccc2oc(=O)ccc2c1)CN1CCCCC1. The van der Waals surface area contributed by atoms with E-state index in [1.54, 1.807) is 6.07 Å². The number of sulfonamides is 1. The lowest BCUT2D eigenvalue weighted by molar-refractivity contribution is 0.201. The summed E-state index contributed by atoms with van der Waals surface area (Å²) in [7, 11) is -3.59. The third kappa shape index (κ3) is 4.68. The van der Waals surface area contributed by atoms with Crippen molar-refractivity contribution in [3.05, 3.63) is 40.8 Å². The molecule has 1 saturated heterocycles. The zero-order valence-corrected chi connectivity index (χ0v) is 15.2. The first kappa shape index (κ1) is 18.1. The van der Waals surface area contributed by atoms with Crippen molar-refractivity contribution in [1.82, 2.24) is 9.62 Å². The summed E-state index contributed by atoms with van der Waals surface area (Å²) in [5, 5.41) is 0.587. The van der Waals surface area contributed by atoms with Gasteiger partial charge in [-0.15, -0.1) is 0 Å². The first-order valence-electron chi connectivity index (χ1n) is 8.70. The molecule has 0 spiro atoms. The molecule has 1 aliphatic rings. The number of nitrogens with one attached hydrogen (secondary N) is 1. The van der Waals surface area contributed by atoms with Crippen LogP contribution in [0.3, 0.4) is 0 Å². The molecule has 7 heteroatoms. The molecule has 1 fully saturated rings. The van der Waals surface area contributed by atoms with Gasteiger partial charge >= 0.3 is 5.63 Å². The molecule has 136 valence electrons. The smallest absolute Gasteiger partial charge is 0.336 e. The summed E-state index contributed by atoms with van der Waals surface area (Å²) in [4.78, 5) is 13.8. The van der Waals surface area contributed by atoms with Crippen molar-refractivity contribution in [2.45, 2.75) is 31.1 Å². The minimum Gasteiger partial charge on any atom is -0.423 e. The van der Waals surface area contributed by atoms with E-state index in [0.29, 0.717) is 17.5 Å². The van der Waals surface area contributed by atoms with Gasteiger partial charge in [0.25, 0.3) is 0 Å². The summed E-state index contributed by atoms with van der Waals surface area (Å²) in [5.41, 5.74) is -0.0716. The fraction of sp³-hybridized carbons (Fsp3) is 0.500. The van der Waals surface area contributed by atoms with Gasteiger partial charge in [-0.3, -0.25) is 0 Å². The van der Waals surface area contributed by atoms with Gasteiger partial charge in [-0.1, -0.05) is 13.3 Å². The van der Waals surface area contributed by atoms with Gasteiger partial charge in [0.05, 0.1) is 4.90 Å². The van der Waals surface area contributed by atoms with Crippen molar-refractivity contribution >= 4 is 21.0 Å². The monoisotopic (exact) mass is 364 g/mol. The molecule has 3 rings (SSSR count). The second kappa shape index (κ2) is 7.68. The highest BCUT2D eigenvalue weighted by Crippen LogP contribution is 2.18. The van der Waals surface area contributed by atoms with E-state index in [4.69, 9.17) is 4.42 Å². The van der Waals surface area contributed by atoms with E-state index in [2.05, 4.69) is 16.5 Å². The third-order valence-electron chi connectivity index (χ3n) is 4.54. The van der Waals surface area contributed by atoms with Crippen molar-refractivity contribution in [2.24, 2.45) is 5.92 Å². The molecule has 0 amide bonds. The Balaban J connectivity index is 1.64. The maximum atomic E-state index is 12.5. The number of likely N-dealkylation sites (tertiary alicyclic amines) is 1. The van der Waals surface area contributed by atoms with E-state index < -0.39 is 15.6 Å². The number of fused-ring (bicyclic) bond motifs is 1. The Morgan fingerprint density at radius 1 is 1.16 bits per heavy atom. The normalized spacial score (nSPS) is 17.6. The lowest BCUT2D eigenvalue weighted by atomic mass is 10.1. The average molecular weight is 364 g/mol. The van der Waals surface area contributed by atoms with Crippen molar-refractivity contribution in [3.8, 4) is 0 Å². The quantitative estimate of drug-likeness (QED) is 0.795. The van der Waals surface area contributed by atoms with E-state index in [1.807, 2.05) is 0 Å². The van der Waals surface area contributed by atoms with E-state index in [1.165, 1.54) is 43.5 Å². The molecule has 0 saturated carbocycles. The van der Waals surface area contributed by atoms with Crippen molar-refractivity contribution in [3.63, 3.8) is 0 Å². The van der Waals surface area contributed by atoms with Crippen molar-refractivity contribution in [1.29, 1.82) is 0 Å². The topological polar surface area (TPSA) is 79.6 Å². The number of benzene rings is 1. The van der Waals surface area contributed by atoms with Crippen LogP contribution < -0.4 is 10.3 Å². The van der Waals surface area contributed by atoms with Crippen LogP contribution in [-0.4, -0.2) is 39.5 Å². The average Bonchev–Trinajstić information content (AvgIpc) is 2.60. The third-order valence-corrected chi connectivity index (χ3v) is 5.96.